The number of nitrogens with two attached hydrogens (primary N) is 1. The van der Waals surface area contributed by atoms with Gasteiger partial charge in [-0.2, -0.15) is 0 Å². The number of primary amides is 1. The van der Waals surface area contributed by atoms with Gasteiger partial charge in [-0.05, 0) is 13.3 Å². The third-order valence-electron chi connectivity index (χ3n) is 3.06. The molecule has 0 bridgehead atoms. The second-order valence-electron chi connectivity index (χ2n) is 4.30. The van der Waals surface area contributed by atoms with Crippen LogP contribution >= 0.6 is 11.8 Å². The molecule has 2 atom stereocenters. The van der Waals surface area contributed by atoms with Gasteiger partial charge in [0.25, 0.3) is 0 Å². The Hall–Kier alpha value is -1.44. The minimum atomic E-state index is -1.16. The maximum atomic E-state index is 12.0. The minimum Gasteiger partial charge on any atom is -0.480 e. The lowest BCUT2D eigenvalue weighted by Crippen LogP contribution is -2.59. The van der Waals surface area contributed by atoms with E-state index < -0.39 is 29.5 Å². The number of nitrogens with one attached hydrogen (secondary N) is 1. The molecular formula is C10H17N3O4S. The molecule has 0 aliphatic carbocycles. The van der Waals surface area contributed by atoms with Crippen molar-refractivity contribution >= 4 is 29.7 Å². The smallest absolute Gasteiger partial charge is 0.327 e. The molecule has 7 nitrogen and oxygen atoms in total. The average molecular weight is 275 g/mol. The van der Waals surface area contributed by atoms with Crippen LogP contribution < -0.4 is 11.1 Å². The lowest BCUT2D eigenvalue weighted by atomic mass is 9.98. The zero-order valence-corrected chi connectivity index (χ0v) is 11.1. The number of carboxylic acids is 1. The maximum absolute atomic E-state index is 12.0. The van der Waals surface area contributed by atoms with E-state index in [1.165, 1.54) is 23.6 Å². The molecule has 0 aromatic rings. The van der Waals surface area contributed by atoms with Gasteiger partial charge in [0, 0.05) is 5.75 Å². The lowest BCUT2D eigenvalue weighted by molar-refractivity contribution is -0.140. The molecule has 1 rings (SSSR count). The molecule has 1 heterocycles. The normalized spacial score (nSPS) is 22.3. The highest BCUT2D eigenvalue weighted by Gasteiger charge is 2.38. The number of carbonyl (C=O) groups excluding carboxylic acids is 2. The fourth-order valence-electron chi connectivity index (χ4n) is 1.48. The summed E-state index contributed by atoms with van der Waals surface area (Å²) < 4.78 is 0. The van der Waals surface area contributed by atoms with E-state index >= 15 is 0 Å². The van der Waals surface area contributed by atoms with Crippen molar-refractivity contribution in [3.05, 3.63) is 0 Å². The van der Waals surface area contributed by atoms with Crippen molar-refractivity contribution in [2.45, 2.75) is 31.8 Å². The molecule has 0 aromatic heterocycles. The highest BCUT2D eigenvalue weighted by atomic mass is 32.2. The first-order chi connectivity index (χ1) is 8.31. The number of hydrogen-bond donors (Lipinski definition) is 3. The number of carboxylic acid groups (broad SMARTS) is 1. The van der Waals surface area contributed by atoms with Crippen LogP contribution in [-0.2, 0) is 9.59 Å². The summed E-state index contributed by atoms with van der Waals surface area (Å²) in [5.41, 5.74) is 4.07. The molecule has 0 spiro atoms. The Morgan fingerprint density at radius 2 is 2.17 bits per heavy atom. The van der Waals surface area contributed by atoms with Crippen LogP contribution in [0.1, 0.15) is 20.3 Å². The highest BCUT2D eigenvalue weighted by Crippen LogP contribution is 2.22. The fourth-order valence-corrected chi connectivity index (χ4v) is 2.62. The number of hydrogen-bond acceptors (Lipinski definition) is 4. The highest BCUT2D eigenvalue weighted by molar-refractivity contribution is 7.99. The van der Waals surface area contributed by atoms with E-state index in [0.717, 1.165) is 0 Å². The molecule has 1 fully saturated rings. The Morgan fingerprint density at radius 1 is 1.56 bits per heavy atom. The monoisotopic (exact) mass is 275 g/mol. The Morgan fingerprint density at radius 3 is 2.61 bits per heavy atom. The molecule has 1 aliphatic rings. The van der Waals surface area contributed by atoms with Crippen molar-refractivity contribution in [2.24, 2.45) is 5.73 Å². The van der Waals surface area contributed by atoms with Gasteiger partial charge in [0.05, 0.1) is 5.88 Å². The summed E-state index contributed by atoms with van der Waals surface area (Å²) >= 11 is 1.36. The quantitative estimate of drug-likeness (QED) is 0.658. The van der Waals surface area contributed by atoms with Crippen molar-refractivity contribution < 1.29 is 19.5 Å². The summed E-state index contributed by atoms with van der Waals surface area (Å²) in [6.07, 6.45) is 0.340. The molecule has 4 N–H and O–H groups in total. The average Bonchev–Trinajstić information content (AvgIpc) is 2.77. The maximum Gasteiger partial charge on any atom is 0.327 e. The van der Waals surface area contributed by atoms with Gasteiger partial charge in [0.1, 0.15) is 11.6 Å². The van der Waals surface area contributed by atoms with Crippen LogP contribution in [0.3, 0.4) is 0 Å². The molecule has 0 saturated carbocycles. The van der Waals surface area contributed by atoms with E-state index in [9.17, 15) is 14.4 Å². The first kappa shape index (κ1) is 14.6. The second kappa shape index (κ2) is 5.47. The van der Waals surface area contributed by atoms with Crippen LogP contribution in [0.5, 0.6) is 0 Å². The van der Waals surface area contributed by atoms with Crippen molar-refractivity contribution in [1.82, 2.24) is 10.2 Å². The van der Waals surface area contributed by atoms with Crippen LogP contribution in [0, 0.1) is 0 Å². The van der Waals surface area contributed by atoms with E-state index in [1.807, 2.05) is 0 Å². The molecule has 3 amide bonds. The van der Waals surface area contributed by atoms with Crippen molar-refractivity contribution in [3.63, 3.8) is 0 Å². The number of rotatable bonds is 4. The number of nitrogens with zero attached hydrogens (tertiary/aromatic N) is 1. The zero-order valence-electron chi connectivity index (χ0n) is 10.3. The van der Waals surface area contributed by atoms with Crippen LogP contribution in [0.2, 0.25) is 0 Å². The third-order valence-corrected chi connectivity index (χ3v) is 4.07. The third kappa shape index (κ3) is 2.87. The Labute approximate surface area is 109 Å². The van der Waals surface area contributed by atoms with Gasteiger partial charge in [-0.1, -0.05) is 6.92 Å². The first-order valence-electron chi connectivity index (χ1n) is 5.51. The zero-order chi connectivity index (χ0) is 13.9. The molecule has 102 valence electrons. The summed E-state index contributed by atoms with van der Waals surface area (Å²) in [7, 11) is 0. The minimum absolute atomic E-state index is 0.293. The van der Waals surface area contributed by atoms with Gasteiger partial charge in [-0.15, -0.1) is 11.8 Å². The van der Waals surface area contributed by atoms with E-state index in [4.69, 9.17) is 10.8 Å². The topological polar surface area (TPSA) is 113 Å². The predicted molar refractivity (Wildman–Crippen MR) is 67.0 cm³/mol. The standard InChI is InChI=1S/C10H17N3O4S/c1-3-10(2,8(11)16)12-9(17)13-5-18-4-6(13)7(14)15/h6H,3-5H2,1-2H3,(H2,11,16)(H,12,17)(H,14,15)/t6-,10?/m0/s1. The molecular weight excluding hydrogens is 258 g/mol. The molecule has 1 unspecified atom stereocenters. The van der Waals surface area contributed by atoms with Crippen LogP contribution in [0.25, 0.3) is 0 Å². The van der Waals surface area contributed by atoms with Crippen LogP contribution in [-0.4, -0.2) is 51.1 Å². The van der Waals surface area contributed by atoms with E-state index in [0.29, 0.717) is 18.1 Å². The van der Waals surface area contributed by atoms with Gasteiger partial charge < -0.3 is 21.1 Å². The van der Waals surface area contributed by atoms with Gasteiger partial charge in [-0.3, -0.25) is 4.79 Å². The van der Waals surface area contributed by atoms with Crippen molar-refractivity contribution in [1.29, 1.82) is 0 Å². The molecule has 8 heteroatoms. The van der Waals surface area contributed by atoms with Gasteiger partial charge in [0.2, 0.25) is 5.91 Å². The summed E-state index contributed by atoms with van der Waals surface area (Å²) in [4.78, 5) is 35.4. The lowest BCUT2D eigenvalue weighted by Gasteiger charge is -2.30. The van der Waals surface area contributed by atoms with Crippen molar-refractivity contribution in [2.75, 3.05) is 11.6 Å². The Bertz CT molecular complexity index is 376. The molecule has 1 saturated heterocycles. The largest absolute Gasteiger partial charge is 0.480 e. The van der Waals surface area contributed by atoms with Gasteiger partial charge >= 0.3 is 12.0 Å². The number of amides is 3. The van der Waals surface area contributed by atoms with Crippen molar-refractivity contribution in [3.8, 4) is 0 Å². The van der Waals surface area contributed by atoms with Crippen LogP contribution in [0.15, 0.2) is 0 Å². The Balaban J connectivity index is 2.76. The van der Waals surface area contributed by atoms with Crippen LogP contribution in [0.4, 0.5) is 4.79 Å². The molecule has 1 aliphatic heterocycles. The number of thioether (sulfide) groups is 1. The van der Waals surface area contributed by atoms with E-state index in [1.54, 1.807) is 6.92 Å². The summed E-state index contributed by atoms with van der Waals surface area (Å²) in [5, 5.41) is 11.5. The molecule has 18 heavy (non-hydrogen) atoms. The van der Waals surface area contributed by atoms with Gasteiger partial charge in [-0.25, -0.2) is 9.59 Å². The first-order valence-corrected chi connectivity index (χ1v) is 6.66. The molecule has 0 aromatic carbocycles. The summed E-state index contributed by atoms with van der Waals surface area (Å²) in [5.74, 6) is -1.05. The van der Waals surface area contributed by atoms with Gasteiger partial charge in [0.15, 0.2) is 0 Å². The Kier molecular flexibility index (Phi) is 4.44. The summed E-state index contributed by atoms with van der Waals surface area (Å²) in [6, 6.07) is -1.43. The van der Waals surface area contributed by atoms with E-state index in [-0.39, 0.29) is 0 Å². The second-order valence-corrected chi connectivity index (χ2v) is 5.30. The van der Waals surface area contributed by atoms with E-state index in [2.05, 4.69) is 5.32 Å². The number of carbonyl (C=O) groups is 3. The molecule has 0 radical (unpaired) electrons. The SMILES string of the molecule is CCC(C)(NC(=O)N1CSC[C@H]1C(=O)O)C(N)=O. The number of aliphatic carboxylic acids is 1. The summed E-state index contributed by atoms with van der Waals surface area (Å²) in [6.45, 7) is 3.24. The predicted octanol–water partition coefficient (Wildman–Crippen LogP) is -0.190. The number of urea groups is 1. The fraction of sp³-hybridized carbons (Fsp3) is 0.700.